The molecule has 0 aromatic heterocycles. The normalized spacial score (nSPS) is 22.9. The predicted molar refractivity (Wildman–Crippen MR) is 101 cm³/mol. The average molecular weight is 387 g/mol. The van der Waals surface area contributed by atoms with Crippen molar-refractivity contribution in [2.45, 2.75) is 50.7 Å². The van der Waals surface area contributed by atoms with Crippen LogP contribution in [0.3, 0.4) is 0 Å². The van der Waals surface area contributed by atoms with Crippen molar-refractivity contribution in [1.82, 2.24) is 10.2 Å². The number of fused-ring (bicyclic) bond motifs is 1. The van der Waals surface area contributed by atoms with Gasteiger partial charge < -0.3 is 19.7 Å². The highest BCUT2D eigenvalue weighted by atomic mass is 16.5. The summed E-state index contributed by atoms with van der Waals surface area (Å²) in [4.78, 5) is 40.8. The molecule has 1 saturated carbocycles. The summed E-state index contributed by atoms with van der Waals surface area (Å²) in [5, 5.41) is 2.85. The number of nitrogens with one attached hydrogen (secondary N) is 1. The third-order valence-electron chi connectivity index (χ3n) is 5.78. The Morgan fingerprint density at radius 3 is 2.79 bits per heavy atom. The maximum absolute atomic E-state index is 12.9. The summed E-state index contributed by atoms with van der Waals surface area (Å²) in [6, 6.07) is 4.94. The number of imide groups is 1. The van der Waals surface area contributed by atoms with E-state index in [-0.39, 0.29) is 30.9 Å². The summed E-state index contributed by atoms with van der Waals surface area (Å²) in [7, 11) is 1.57. The monoisotopic (exact) mass is 387 g/mol. The van der Waals surface area contributed by atoms with Crippen molar-refractivity contribution in [3.8, 4) is 11.5 Å². The number of hydrogen-bond acceptors (Lipinski definition) is 5. The number of urea groups is 1. The van der Waals surface area contributed by atoms with Gasteiger partial charge in [-0.3, -0.25) is 14.5 Å². The van der Waals surface area contributed by atoms with E-state index >= 15 is 0 Å². The van der Waals surface area contributed by atoms with Crippen molar-refractivity contribution < 1.29 is 23.9 Å². The molecule has 8 nitrogen and oxygen atoms in total. The quantitative estimate of drug-likeness (QED) is 0.799. The molecule has 1 aromatic carbocycles. The van der Waals surface area contributed by atoms with E-state index in [0.29, 0.717) is 36.6 Å². The topological polar surface area (TPSA) is 88.2 Å². The van der Waals surface area contributed by atoms with E-state index in [9.17, 15) is 14.4 Å². The lowest BCUT2D eigenvalue weighted by molar-refractivity contribution is -0.131. The molecule has 2 fully saturated rings. The SMILES string of the molecule is COc1ccc2c(c1)N(C(=O)CCN1C(=O)NC3(CCCC3)C1=O)CC(C)O2. The number of hydrogen-bond donors (Lipinski definition) is 1. The molecule has 8 heteroatoms. The van der Waals surface area contributed by atoms with Crippen LogP contribution in [0.2, 0.25) is 0 Å². The predicted octanol–water partition coefficient (Wildman–Crippen LogP) is 2.06. The summed E-state index contributed by atoms with van der Waals surface area (Å²) in [6.07, 6.45) is 3.14. The summed E-state index contributed by atoms with van der Waals surface area (Å²) >= 11 is 0. The van der Waals surface area contributed by atoms with E-state index in [2.05, 4.69) is 5.32 Å². The van der Waals surface area contributed by atoms with Gasteiger partial charge in [0.25, 0.3) is 5.91 Å². The van der Waals surface area contributed by atoms with Gasteiger partial charge in [-0.1, -0.05) is 12.8 Å². The number of carbonyl (C=O) groups excluding carboxylic acids is 3. The molecule has 1 aromatic rings. The average Bonchev–Trinajstić information content (AvgIpc) is 3.24. The molecular formula is C20H25N3O5. The van der Waals surface area contributed by atoms with Crippen molar-refractivity contribution in [2.75, 3.05) is 25.1 Å². The second-order valence-electron chi connectivity index (χ2n) is 7.69. The van der Waals surface area contributed by atoms with Crippen molar-refractivity contribution in [2.24, 2.45) is 0 Å². The highest BCUT2D eigenvalue weighted by Gasteiger charge is 2.52. The van der Waals surface area contributed by atoms with Crippen LogP contribution >= 0.6 is 0 Å². The largest absolute Gasteiger partial charge is 0.497 e. The van der Waals surface area contributed by atoms with Gasteiger partial charge in [-0.15, -0.1) is 0 Å². The molecular weight excluding hydrogens is 362 g/mol. The van der Waals surface area contributed by atoms with Gasteiger partial charge >= 0.3 is 6.03 Å². The Balaban J connectivity index is 1.47. The third kappa shape index (κ3) is 3.06. The van der Waals surface area contributed by atoms with E-state index in [1.807, 2.05) is 6.92 Å². The van der Waals surface area contributed by atoms with Gasteiger partial charge in [-0.2, -0.15) is 0 Å². The van der Waals surface area contributed by atoms with Crippen LogP contribution in [0, 0.1) is 0 Å². The van der Waals surface area contributed by atoms with Gasteiger partial charge in [0.15, 0.2) is 0 Å². The highest BCUT2D eigenvalue weighted by molar-refractivity contribution is 6.07. The van der Waals surface area contributed by atoms with Crippen LogP contribution in [0.15, 0.2) is 18.2 Å². The van der Waals surface area contributed by atoms with Gasteiger partial charge in [0.1, 0.15) is 23.1 Å². The van der Waals surface area contributed by atoms with Crippen LogP contribution in [-0.2, 0) is 9.59 Å². The van der Waals surface area contributed by atoms with Crippen LogP contribution in [-0.4, -0.2) is 54.6 Å². The van der Waals surface area contributed by atoms with Gasteiger partial charge in [0.05, 0.1) is 19.3 Å². The number of carbonyl (C=O) groups is 3. The standard InChI is InChI=1S/C20H25N3O5/c1-13-12-23(15-11-14(27-2)5-6-16(15)28-13)17(24)7-10-22-18(25)20(21-19(22)26)8-3-4-9-20/h5-6,11,13H,3-4,7-10,12H2,1-2H3,(H,21,26). The molecule has 0 radical (unpaired) electrons. The fourth-order valence-corrected chi connectivity index (χ4v) is 4.32. The number of amides is 4. The molecule has 1 N–H and O–H groups in total. The summed E-state index contributed by atoms with van der Waals surface area (Å²) in [5.41, 5.74) is -0.0972. The second-order valence-corrected chi connectivity index (χ2v) is 7.69. The molecule has 1 spiro atoms. The maximum atomic E-state index is 12.9. The number of rotatable bonds is 4. The van der Waals surface area contributed by atoms with Gasteiger partial charge in [0, 0.05) is 19.0 Å². The zero-order valence-corrected chi connectivity index (χ0v) is 16.2. The van der Waals surface area contributed by atoms with E-state index in [1.165, 1.54) is 4.90 Å². The summed E-state index contributed by atoms with van der Waals surface area (Å²) < 4.78 is 11.1. The van der Waals surface area contributed by atoms with Gasteiger partial charge in [0.2, 0.25) is 5.91 Å². The Morgan fingerprint density at radius 1 is 1.32 bits per heavy atom. The van der Waals surface area contributed by atoms with E-state index in [4.69, 9.17) is 9.47 Å². The van der Waals surface area contributed by atoms with Crippen molar-refractivity contribution in [3.05, 3.63) is 18.2 Å². The van der Waals surface area contributed by atoms with Crippen LogP contribution in [0.1, 0.15) is 39.0 Å². The Labute approximate surface area is 163 Å². The van der Waals surface area contributed by atoms with E-state index in [1.54, 1.807) is 30.2 Å². The van der Waals surface area contributed by atoms with Crippen molar-refractivity contribution >= 4 is 23.5 Å². The maximum Gasteiger partial charge on any atom is 0.325 e. The van der Waals surface area contributed by atoms with Crippen LogP contribution in [0.4, 0.5) is 10.5 Å². The number of methoxy groups -OCH3 is 1. The first-order valence-electron chi connectivity index (χ1n) is 9.73. The smallest absolute Gasteiger partial charge is 0.325 e. The van der Waals surface area contributed by atoms with Crippen molar-refractivity contribution in [1.29, 1.82) is 0 Å². The molecule has 1 saturated heterocycles. The number of benzene rings is 1. The number of anilines is 1. The molecule has 0 bridgehead atoms. The zero-order valence-electron chi connectivity index (χ0n) is 16.2. The Morgan fingerprint density at radius 2 is 2.07 bits per heavy atom. The van der Waals surface area contributed by atoms with Gasteiger partial charge in [-0.25, -0.2) is 4.79 Å². The van der Waals surface area contributed by atoms with Crippen LogP contribution in [0.25, 0.3) is 0 Å². The first kappa shape index (κ1) is 18.6. The lowest BCUT2D eigenvalue weighted by Crippen LogP contribution is -2.45. The molecule has 3 aliphatic rings. The lowest BCUT2D eigenvalue weighted by Gasteiger charge is -2.34. The molecule has 2 aliphatic heterocycles. The minimum absolute atomic E-state index is 0.0681. The van der Waals surface area contributed by atoms with Gasteiger partial charge in [-0.05, 0) is 31.9 Å². The van der Waals surface area contributed by atoms with Crippen molar-refractivity contribution in [3.63, 3.8) is 0 Å². The summed E-state index contributed by atoms with van der Waals surface area (Å²) in [6.45, 7) is 2.38. The van der Waals surface area contributed by atoms with Crippen LogP contribution in [0.5, 0.6) is 11.5 Å². The minimum Gasteiger partial charge on any atom is -0.497 e. The molecule has 4 amide bonds. The molecule has 28 heavy (non-hydrogen) atoms. The Hall–Kier alpha value is -2.77. The number of ether oxygens (including phenoxy) is 2. The lowest BCUT2D eigenvalue weighted by atomic mass is 9.98. The zero-order chi connectivity index (χ0) is 19.9. The molecule has 2 heterocycles. The summed E-state index contributed by atoms with van der Waals surface area (Å²) in [5.74, 6) is 0.901. The first-order chi connectivity index (χ1) is 13.4. The Bertz CT molecular complexity index is 818. The third-order valence-corrected chi connectivity index (χ3v) is 5.78. The van der Waals surface area contributed by atoms with Crippen LogP contribution < -0.4 is 19.7 Å². The first-order valence-corrected chi connectivity index (χ1v) is 9.73. The van der Waals surface area contributed by atoms with E-state index in [0.717, 1.165) is 12.8 Å². The Kier molecular flexibility index (Phi) is 4.64. The molecule has 150 valence electrons. The number of nitrogens with zero attached hydrogens (tertiary/aromatic N) is 2. The molecule has 1 aliphatic carbocycles. The molecule has 1 atom stereocenters. The molecule has 4 rings (SSSR count). The fourth-order valence-electron chi connectivity index (χ4n) is 4.32. The van der Waals surface area contributed by atoms with E-state index < -0.39 is 11.6 Å². The highest BCUT2D eigenvalue weighted by Crippen LogP contribution is 2.37. The fraction of sp³-hybridized carbons (Fsp3) is 0.550. The minimum atomic E-state index is -0.742. The second kappa shape index (κ2) is 7.00. The molecule has 1 unspecified atom stereocenters.